The average Bonchev–Trinajstić information content (AvgIpc) is 3.38. The van der Waals surface area contributed by atoms with Crippen LogP contribution in [0.25, 0.3) is 0 Å². The molecule has 0 aromatic heterocycles. The first-order chi connectivity index (χ1) is 17.0. The number of amides is 1. The molecule has 4 rings (SSSR count). The minimum Gasteiger partial charge on any atom is -0.478 e. The molecule has 1 amide bonds. The summed E-state index contributed by atoms with van der Waals surface area (Å²) in [4.78, 5) is 33.0. The van der Waals surface area contributed by atoms with Gasteiger partial charge in [0.05, 0.1) is 24.8 Å². The number of nitrogens with zero attached hydrogens (tertiary/aromatic N) is 3. The van der Waals surface area contributed by atoms with Gasteiger partial charge in [-0.3, -0.25) is 14.7 Å². The fourth-order valence-electron chi connectivity index (χ4n) is 4.21. The summed E-state index contributed by atoms with van der Waals surface area (Å²) in [6, 6.07) is 14.5. The van der Waals surface area contributed by atoms with Crippen molar-refractivity contribution in [2.45, 2.75) is 25.9 Å². The van der Waals surface area contributed by atoms with Crippen molar-refractivity contribution in [1.82, 2.24) is 9.80 Å². The van der Waals surface area contributed by atoms with Crippen molar-refractivity contribution in [2.75, 3.05) is 56.5 Å². The Kier molecular flexibility index (Phi) is 8.33. The van der Waals surface area contributed by atoms with Crippen molar-refractivity contribution in [2.24, 2.45) is 4.99 Å². The number of guanidine groups is 1. The highest BCUT2D eigenvalue weighted by Gasteiger charge is 2.23. The van der Waals surface area contributed by atoms with Crippen LogP contribution >= 0.6 is 0 Å². The molecule has 186 valence electrons. The zero-order chi connectivity index (χ0) is 24.6. The summed E-state index contributed by atoms with van der Waals surface area (Å²) in [5, 5.41) is 15.6. The maximum atomic E-state index is 12.5. The molecule has 35 heavy (non-hydrogen) atoms. The lowest BCUT2D eigenvalue weighted by Crippen LogP contribution is -2.52. The average molecular weight is 480 g/mol. The molecule has 0 bridgehead atoms. The maximum absolute atomic E-state index is 12.5. The van der Waals surface area contributed by atoms with E-state index in [1.54, 1.807) is 18.2 Å². The number of anilines is 2. The lowest BCUT2D eigenvalue weighted by Gasteiger charge is -2.36. The number of carboxylic acid groups (broad SMARTS) is 1. The SMILES string of the molecule is Cc1ccc(NC(=O)CN2CCN(C(=NCC3CCCO3)Nc3cccc(C(=O)O)c3)CC2)cc1. The summed E-state index contributed by atoms with van der Waals surface area (Å²) in [6.45, 7) is 6.52. The normalized spacial score (nSPS) is 18.9. The van der Waals surface area contributed by atoms with E-state index in [1.807, 2.05) is 37.3 Å². The highest BCUT2D eigenvalue weighted by molar-refractivity contribution is 5.96. The number of piperazine rings is 1. The first-order valence-electron chi connectivity index (χ1n) is 12.1. The molecular formula is C26H33N5O4. The summed E-state index contributed by atoms with van der Waals surface area (Å²) in [7, 11) is 0. The number of carboxylic acids is 1. The Bertz CT molecular complexity index is 1040. The van der Waals surface area contributed by atoms with Crippen LogP contribution in [0.2, 0.25) is 0 Å². The predicted octanol–water partition coefficient (Wildman–Crippen LogP) is 2.90. The second-order valence-electron chi connectivity index (χ2n) is 8.99. The fraction of sp³-hybridized carbons (Fsp3) is 0.423. The monoisotopic (exact) mass is 479 g/mol. The third kappa shape index (κ3) is 7.27. The van der Waals surface area contributed by atoms with Crippen LogP contribution in [0, 0.1) is 6.92 Å². The molecule has 0 spiro atoms. The van der Waals surface area contributed by atoms with E-state index in [-0.39, 0.29) is 17.6 Å². The Hall–Kier alpha value is -3.43. The number of ether oxygens (including phenoxy) is 1. The van der Waals surface area contributed by atoms with E-state index < -0.39 is 5.97 Å². The van der Waals surface area contributed by atoms with Crippen LogP contribution in [0.3, 0.4) is 0 Å². The molecule has 0 aliphatic carbocycles. The number of carbonyl (C=O) groups excluding carboxylic acids is 1. The molecule has 0 saturated carbocycles. The van der Waals surface area contributed by atoms with E-state index in [0.29, 0.717) is 37.8 Å². The molecule has 3 N–H and O–H groups in total. The number of hydrogen-bond acceptors (Lipinski definition) is 5. The number of hydrogen-bond donors (Lipinski definition) is 3. The molecule has 2 heterocycles. The van der Waals surface area contributed by atoms with Gasteiger partial charge in [-0.05, 0) is 50.1 Å². The van der Waals surface area contributed by atoms with Crippen molar-refractivity contribution in [3.05, 3.63) is 59.7 Å². The molecule has 2 aromatic carbocycles. The second-order valence-corrected chi connectivity index (χ2v) is 8.99. The third-order valence-corrected chi connectivity index (χ3v) is 6.21. The Labute approximate surface area is 205 Å². The number of benzene rings is 2. The van der Waals surface area contributed by atoms with Crippen molar-refractivity contribution in [3.63, 3.8) is 0 Å². The molecule has 1 unspecified atom stereocenters. The number of aliphatic imine (C=N–C) groups is 1. The van der Waals surface area contributed by atoms with E-state index in [4.69, 9.17) is 9.73 Å². The summed E-state index contributed by atoms with van der Waals surface area (Å²) in [5.41, 5.74) is 2.85. The molecule has 2 saturated heterocycles. The van der Waals surface area contributed by atoms with Crippen molar-refractivity contribution in [3.8, 4) is 0 Å². The quantitative estimate of drug-likeness (QED) is 0.414. The van der Waals surface area contributed by atoms with Crippen LogP contribution in [0.1, 0.15) is 28.8 Å². The fourth-order valence-corrected chi connectivity index (χ4v) is 4.21. The Morgan fingerprint density at radius 3 is 2.51 bits per heavy atom. The van der Waals surface area contributed by atoms with Crippen molar-refractivity contribution < 1.29 is 19.4 Å². The number of aryl methyl sites for hydroxylation is 1. The number of rotatable bonds is 7. The van der Waals surface area contributed by atoms with Gasteiger partial charge in [0.15, 0.2) is 5.96 Å². The van der Waals surface area contributed by atoms with Gasteiger partial charge in [0.2, 0.25) is 5.91 Å². The van der Waals surface area contributed by atoms with Crippen LogP contribution in [-0.4, -0.2) is 84.7 Å². The standard InChI is InChI=1S/C26H33N5O4/c1-19-7-9-21(10-8-19)28-24(32)18-30-11-13-31(14-12-30)26(27-17-23-6-3-15-35-23)29-22-5-2-4-20(16-22)25(33)34/h2,4-5,7-10,16,23H,3,6,11-15,17-18H2,1H3,(H,27,29)(H,28,32)(H,33,34). The summed E-state index contributed by atoms with van der Waals surface area (Å²) in [6.07, 6.45) is 2.16. The number of aromatic carboxylic acids is 1. The van der Waals surface area contributed by atoms with Gasteiger partial charge in [-0.1, -0.05) is 23.8 Å². The van der Waals surface area contributed by atoms with Gasteiger partial charge in [-0.25, -0.2) is 4.79 Å². The minimum atomic E-state index is -0.968. The van der Waals surface area contributed by atoms with Gasteiger partial charge >= 0.3 is 5.97 Å². The van der Waals surface area contributed by atoms with Gasteiger partial charge in [0.25, 0.3) is 0 Å². The molecule has 2 fully saturated rings. The van der Waals surface area contributed by atoms with Gasteiger partial charge in [-0.2, -0.15) is 0 Å². The Balaban J connectivity index is 1.35. The topological polar surface area (TPSA) is 107 Å². The summed E-state index contributed by atoms with van der Waals surface area (Å²) < 4.78 is 5.72. The van der Waals surface area contributed by atoms with Crippen LogP contribution in [0.15, 0.2) is 53.5 Å². The maximum Gasteiger partial charge on any atom is 0.335 e. The number of nitrogens with one attached hydrogen (secondary N) is 2. The first-order valence-corrected chi connectivity index (χ1v) is 12.1. The molecule has 2 aliphatic heterocycles. The Morgan fingerprint density at radius 1 is 1.06 bits per heavy atom. The van der Waals surface area contributed by atoms with E-state index in [1.165, 1.54) is 0 Å². The lowest BCUT2D eigenvalue weighted by molar-refractivity contribution is -0.117. The van der Waals surface area contributed by atoms with Gasteiger partial charge in [-0.15, -0.1) is 0 Å². The van der Waals surface area contributed by atoms with Crippen LogP contribution in [0.5, 0.6) is 0 Å². The highest BCUT2D eigenvalue weighted by atomic mass is 16.5. The molecule has 2 aliphatic rings. The van der Waals surface area contributed by atoms with Crippen LogP contribution < -0.4 is 10.6 Å². The molecule has 1 atom stereocenters. The number of carbonyl (C=O) groups is 2. The summed E-state index contributed by atoms with van der Waals surface area (Å²) in [5.74, 6) is -0.297. The smallest absolute Gasteiger partial charge is 0.335 e. The first kappa shape index (κ1) is 24.7. The predicted molar refractivity (Wildman–Crippen MR) is 136 cm³/mol. The van der Waals surface area contributed by atoms with Gasteiger partial charge < -0.3 is 25.4 Å². The third-order valence-electron chi connectivity index (χ3n) is 6.21. The largest absolute Gasteiger partial charge is 0.478 e. The summed E-state index contributed by atoms with van der Waals surface area (Å²) >= 11 is 0. The van der Waals surface area contributed by atoms with E-state index in [9.17, 15) is 14.7 Å². The van der Waals surface area contributed by atoms with Crippen molar-refractivity contribution >= 4 is 29.2 Å². The zero-order valence-electron chi connectivity index (χ0n) is 20.1. The van der Waals surface area contributed by atoms with Crippen LogP contribution in [-0.2, 0) is 9.53 Å². The van der Waals surface area contributed by atoms with Crippen molar-refractivity contribution in [1.29, 1.82) is 0 Å². The van der Waals surface area contributed by atoms with E-state index in [0.717, 1.165) is 43.8 Å². The van der Waals surface area contributed by atoms with Gasteiger partial charge in [0, 0.05) is 44.2 Å². The molecule has 2 aromatic rings. The minimum absolute atomic E-state index is 0.0295. The van der Waals surface area contributed by atoms with Crippen LogP contribution in [0.4, 0.5) is 11.4 Å². The Morgan fingerprint density at radius 2 is 1.83 bits per heavy atom. The lowest BCUT2D eigenvalue weighted by atomic mass is 10.2. The molecular weight excluding hydrogens is 446 g/mol. The molecule has 0 radical (unpaired) electrons. The zero-order valence-corrected chi connectivity index (χ0v) is 20.1. The van der Waals surface area contributed by atoms with E-state index >= 15 is 0 Å². The highest BCUT2D eigenvalue weighted by Crippen LogP contribution is 2.16. The molecule has 9 heteroatoms. The molecule has 9 nitrogen and oxygen atoms in total. The van der Waals surface area contributed by atoms with Gasteiger partial charge in [0.1, 0.15) is 0 Å². The van der Waals surface area contributed by atoms with E-state index in [2.05, 4.69) is 20.4 Å². The second kappa shape index (κ2) is 11.8.